The van der Waals surface area contributed by atoms with Crippen LogP contribution in [0.15, 0.2) is 23.1 Å². The van der Waals surface area contributed by atoms with Crippen LogP contribution in [0.1, 0.15) is 0 Å². The molecule has 7 heteroatoms. The van der Waals surface area contributed by atoms with E-state index >= 15 is 0 Å². The average molecular weight is 297 g/mol. The quantitative estimate of drug-likeness (QED) is 0.902. The molecule has 0 unspecified atom stereocenters. The molecule has 0 aliphatic heterocycles. The van der Waals surface area contributed by atoms with Gasteiger partial charge in [-0.1, -0.05) is 23.2 Å². The van der Waals surface area contributed by atoms with Crippen LogP contribution in [0, 0.1) is 0 Å². The van der Waals surface area contributed by atoms with E-state index in [9.17, 15) is 8.42 Å². The molecule has 96 valence electrons. The fourth-order valence-electron chi connectivity index (χ4n) is 1.17. The molecule has 0 amide bonds. The molecule has 0 radical (unpaired) electrons. The van der Waals surface area contributed by atoms with Crippen molar-refractivity contribution < 1.29 is 8.42 Å². The summed E-state index contributed by atoms with van der Waals surface area (Å²) in [6.07, 6.45) is 0. The molecule has 17 heavy (non-hydrogen) atoms. The highest BCUT2D eigenvalue weighted by Crippen LogP contribution is 2.24. The Balaban J connectivity index is 2.83. The van der Waals surface area contributed by atoms with E-state index in [1.165, 1.54) is 18.2 Å². The van der Waals surface area contributed by atoms with Crippen molar-refractivity contribution in [2.75, 3.05) is 27.2 Å². The van der Waals surface area contributed by atoms with E-state index in [4.69, 9.17) is 23.2 Å². The van der Waals surface area contributed by atoms with E-state index in [2.05, 4.69) is 4.72 Å². The van der Waals surface area contributed by atoms with Crippen LogP contribution in [-0.4, -0.2) is 40.5 Å². The second-order valence-electron chi connectivity index (χ2n) is 3.78. The Morgan fingerprint density at radius 2 is 1.94 bits per heavy atom. The van der Waals surface area contributed by atoms with Gasteiger partial charge in [0.25, 0.3) is 0 Å². The van der Waals surface area contributed by atoms with Gasteiger partial charge in [-0.2, -0.15) is 0 Å². The molecule has 0 bridgehead atoms. The van der Waals surface area contributed by atoms with Crippen LogP contribution < -0.4 is 4.72 Å². The van der Waals surface area contributed by atoms with Gasteiger partial charge in [0.2, 0.25) is 10.0 Å². The van der Waals surface area contributed by atoms with Crippen molar-refractivity contribution in [2.45, 2.75) is 4.90 Å². The summed E-state index contributed by atoms with van der Waals surface area (Å²) in [5, 5.41) is 0.525. The summed E-state index contributed by atoms with van der Waals surface area (Å²) < 4.78 is 26.2. The Kier molecular flexibility index (Phi) is 5.22. The second-order valence-corrected chi connectivity index (χ2v) is 6.35. The number of nitrogens with zero attached hydrogens (tertiary/aromatic N) is 1. The third-order valence-corrected chi connectivity index (χ3v) is 4.21. The Bertz CT molecular complexity index is 489. The minimum absolute atomic E-state index is 0.0438. The molecule has 4 nitrogen and oxygen atoms in total. The average Bonchev–Trinajstić information content (AvgIpc) is 2.15. The summed E-state index contributed by atoms with van der Waals surface area (Å²) in [6.45, 7) is 0.943. The maximum Gasteiger partial charge on any atom is 0.242 e. The fraction of sp³-hybridized carbons (Fsp3) is 0.400. The van der Waals surface area contributed by atoms with Gasteiger partial charge in [0.15, 0.2) is 0 Å². The first-order valence-electron chi connectivity index (χ1n) is 4.92. The van der Waals surface area contributed by atoms with Crippen LogP contribution in [0.3, 0.4) is 0 Å². The Morgan fingerprint density at radius 1 is 1.29 bits per heavy atom. The normalized spacial score (nSPS) is 12.1. The summed E-state index contributed by atoms with van der Waals surface area (Å²) in [7, 11) is 0.159. The molecule has 1 aromatic rings. The largest absolute Gasteiger partial charge is 0.308 e. The van der Waals surface area contributed by atoms with Crippen molar-refractivity contribution in [3.8, 4) is 0 Å². The topological polar surface area (TPSA) is 49.4 Å². The summed E-state index contributed by atoms with van der Waals surface area (Å²) in [6, 6.07) is 4.29. The van der Waals surface area contributed by atoms with Crippen molar-refractivity contribution in [3.05, 3.63) is 28.2 Å². The summed E-state index contributed by atoms with van der Waals surface area (Å²) >= 11 is 11.5. The molecule has 0 aliphatic rings. The number of likely N-dealkylation sites (N-methyl/N-ethyl adjacent to an activating group) is 1. The number of halogens is 2. The molecule has 0 saturated carbocycles. The van der Waals surface area contributed by atoms with Gasteiger partial charge in [0.05, 0.1) is 5.02 Å². The minimum Gasteiger partial charge on any atom is -0.308 e. The van der Waals surface area contributed by atoms with Gasteiger partial charge in [-0.15, -0.1) is 0 Å². The maximum atomic E-state index is 11.9. The monoisotopic (exact) mass is 296 g/mol. The van der Waals surface area contributed by atoms with Gasteiger partial charge in [0.1, 0.15) is 4.90 Å². The molecular formula is C10H14Cl2N2O2S. The van der Waals surface area contributed by atoms with E-state index in [1.54, 1.807) is 0 Å². The van der Waals surface area contributed by atoms with Crippen molar-refractivity contribution >= 4 is 33.2 Å². The Morgan fingerprint density at radius 3 is 2.47 bits per heavy atom. The van der Waals surface area contributed by atoms with Crippen LogP contribution in [0.5, 0.6) is 0 Å². The van der Waals surface area contributed by atoms with E-state index in [-0.39, 0.29) is 9.92 Å². The highest BCUT2D eigenvalue weighted by molar-refractivity contribution is 7.89. The number of nitrogens with one attached hydrogen (secondary N) is 1. The highest BCUT2D eigenvalue weighted by atomic mass is 35.5. The van der Waals surface area contributed by atoms with E-state index in [0.717, 1.165) is 0 Å². The number of hydrogen-bond acceptors (Lipinski definition) is 3. The zero-order valence-electron chi connectivity index (χ0n) is 9.57. The summed E-state index contributed by atoms with van der Waals surface area (Å²) in [5.74, 6) is 0. The van der Waals surface area contributed by atoms with Crippen molar-refractivity contribution in [1.29, 1.82) is 0 Å². The van der Waals surface area contributed by atoms with Crippen molar-refractivity contribution in [2.24, 2.45) is 0 Å². The van der Waals surface area contributed by atoms with Gasteiger partial charge < -0.3 is 4.90 Å². The van der Waals surface area contributed by atoms with Crippen molar-refractivity contribution in [1.82, 2.24) is 9.62 Å². The molecular weight excluding hydrogens is 283 g/mol. The number of rotatable bonds is 5. The summed E-state index contributed by atoms with van der Waals surface area (Å²) in [4.78, 5) is 1.92. The Hall–Kier alpha value is -0.330. The first-order valence-corrected chi connectivity index (χ1v) is 7.16. The standard InChI is InChI=1S/C10H14Cl2N2O2S/c1-14(2)6-5-13-17(15,16)10-4-3-8(11)7-9(10)12/h3-4,7,13H,5-6H2,1-2H3. The first kappa shape index (κ1) is 14.7. The van der Waals surface area contributed by atoms with Gasteiger partial charge >= 0.3 is 0 Å². The molecule has 1 aromatic carbocycles. The first-order chi connectivity index (χ1) is 7.83. The maximum absolute atomic E-state index is 11.9. The molecule has 0 saturated heterocycles. The number of sulfonamides is 1. The van der Waals surface area contributed by atoms with E-state index < -0.39 is 10.0 Å². The third-order valence-electron chi connectivity index (χ3n) is 2.03. The molecule has 0 fully saturated rings. The van der Waals surface area contributed by atoms with Crippen molar-refractivity contribution in [3.63, 3.8) is 0 Å². The van der Waals surface area contributed by atoms with Gasteiger partial charge in [-0.25, -0.2) is 13.1 Å². The van der Waals surface area contributed by atoms with Crippen LogP contribution in [-0.2, 0) is 10.0 Å². The van der Waals surface area contributed by atoms with E-state index in [1.807, 2.05) is 19.0 Å². The van der Waals surface area contributed by atoms with Crippen LogP contribution in [0.25, 0.3) is 0 Å². The van der Waals surface area contributed by atoms with Crippen LogP contribution in [0.4, 0.5) is 0 Å². The smallest absolute Gasteiger partial charge is 0.242 e. The van der Waals surface area contributed by atoms with E-state index in [0.29, 0.717) is 18.1 Å². The predicted molar refractivity (Wildman–Crippen MR) is 70.2 cm³/mol. The molecule has 1 N–H and O–H groups in total. The summed E-state index contributed by atoms with van der Waals surface area (Å²) in [5.41, 5.74) is 0. The lowest BCUT2D eigenvalue weighted by Gasteiger charge is -2.11. The molecule has 0 spiro atoms. The molecule has 0 atom stereocenters. The van der Waals surface area contributed by atoms with Crippen LogP contribution in [0.2, 0.25) is 10.0 Å². The molecule has 0 aromatic heterocycles. The lowest BCUT2D eigenvalue weighted by molar-refractivity contribution is 0.412. The second kappa shape index (κ2) is 6.02. The molecule has 0 aliphatic carbocycles. The molecule has 0 heterocycles. The predicted octanol–water partition coefficient (Wildman–Crippen LogP) is 1.83. The lowest BCUT2D eigenvalue weighted by atomic mass is 10.4. The minimum atomic E-state index is -3.57. The van der Waals surface area contributed by atoms with Gasteiger partial charge in [-0.3, -0.25) is 0 Å². The third kappa shape index (κ3) is 4.44. The SMILES string of the molecule is CN(C)CCNS(=O)(=O)c1ccc(Cl)cc1Cl. The fourth-order valence-corrected chi connectivity index (χ4v) is 2.97. The van der Waals surface area contributed by atoms with Gasteiger partial charge in [0, 0.05) is 18.1 Å². The zero-order chi connectivity index (χ0) is 13.1. The van der Waals surface area contributed by atoms with Crippen LogP contribution >= 0.6 is 23.2 Å². The number of benzene rings is 1. The highest BCUT2D eigenvalue weighted by Gasteiger charge is 2.17. The molecule has 1 rings (SSSR count). The number of hydrogen-bond donors (Lipinski definition) is 1. The zero-order valence-corrected chi connectivity index (χ0v) is 11.9. The lowest BCUT2D eigenvalue weighted by Crippen LogP contribution is -2.31. The van der Waals surface area contributed by atoms with Gasteiger partial charge in [-0.05, 0) is 32.3 Å². The Labute approximate surface area is 112 Å².